The fourth-order valence-corrected chi connectivity index (χ4v) is 3.45. The van der Waals surface area contributed by atoms with Crippen LogP contribution in [-0.4, -0.2) is 23.4 Å². The highest BCUT2D eigenvalue weighted by Crippen LogP contribution is 2.33. The Morgan fingerprint density at radius 2 is 1.72 bits per heavy atom. The first kappa shape index (κ1) is 19.0. The van der Waals surface area contributed by atoms with Gasteiger partial charge in [-0.2, -0.15) is 0 Å². The molecular weight excluding hydrogens is 434 g/mol. The topological polar surface area (TPSA) is 70.7 Å². The molecule has 6 nitrogen and oxygen atoms in total. The number of benzene rings is 3. The first-order chi connectivity index (χ1) is 14.1. The largest absolute Gasteiger partial charge is 0.484 e. The summed E-state index contributed by atoms with van der Waals surface area (Å²) >= 11 is 3.39. The molecule has 7 heteroatoms. The number of nitrogens with one attached hydrogen (secondary N) is 2. The third kappa shape index (κ3) is 4.25. The first-order valence-corrected chi connectivity index (χ1v) is 9.83. The predicted octanol–water partition coefficient (Wildman–Crippen LogP) is 4.13. The second-order valence-corrected chi connectivity index (χ2v) is 7.38. The number of ether oxygens (including phenoxy) is 1. The van der Waals surface area contributed by atoms with Crippen molar-refractivity contribution < 1.29 is 14.3 Å². The van der Waals surface area contributed by atoms with Crippen molar-refractivity contribution in [2.75, 3.05) is 11.9 Å². The zero-order chi connectivity index (χ0) is 20.2. The fraction of sp³-hybridized carbons (Fsp3) is 0.0909. The van der Waals surface area contributed by atoms with Gasteiger partial charge in [0.25, 0.3) is 11.8 Å². The van der Waals surface area contributed by atoms with Crippen molar-refractivity contribution in [3.8, 4) is 5.75 Å². The molecular formula is C22H18BrN3O3. The van der Waals surface area contributed by atoms with E-state index in [1.165, 1.54) is 5.01 Å². The highest BCUT2D eigenvalue weighted by Gasteiger charge is 2.34. The van der Waals surface area contributed by atoms with Crippen LogP contribution in [0.4, 0.5) is 5.69 Å². The molecule has 146 valence electrons. The molecule has 1 aliphatic heterocycles. The van der Waals surface area contributed by atoms with E-state index in [1.54, 1.807) is 18.2 Å². The average molecular weight is 452 g/mol. The number of carbonyl (C=O) groups is 2. The van der Waals surface area contributed by atoms with Crippen molar-refractivity contribution in [3.05, 3.63) is 94.5 Å². The van der Waals surface area contributed by atoms with Gasteiger partial charge in [0, 0.05) is 10.2 Å². The number of amides is 2. The second-order valence-electron chi connectivity index (χ2n) is 6.46. The lowest BCUT2D eigenvalue weighted by Crippen LogP contribution is -2.53. The maximum Gasteiger partial charge on any atom is 0.276 e. The molecule has 0 aromatic heterocycles. The Balaban J connectivity index is 1.57. The summed E-state index contributed by atoms with van der Waals surface area (Å²) in [7, 11) is 0. The van der Waals surface area contributed by atoms with E-state index in [0.29, 0.717) is 17.0 Å². The summed E-state index contributed by atoms with van der Waals surface area (Å²) in [6.45, 7) is -0.208. The number of rotatable bonds is 5. The smallest absolute Gasteiger partial charge is 0.276 e. The number of para-hydroxylation sites is 1. The minimum absolute atomic E-state index is 0.208. The van der Waals surface area contributed by atoms with Crippen LogP contribution >= 0.6 is 15.9 Å². The summed E-state index contributed by atoms with van der Waals surface area (Å²) in [5, 5.41) is 4.64. The Labute approximate surface area is 176 Å². The van der Waals surface area contributed by atoms with Crippen molar-refractivity contribution in [1.29, 1.82) is 0 Å². The molecule has 1 unspecified atom stereocenters. The summed E-state index contributed by atoms with van der Waals surface area (Å²) in [5.41, 5.74) is 4.71. The van der Waals surface area contributed by atoms with E-state index in [2.05, 4.69) is 26.7 Å². The minimum atomic E-state index is -0.543. The molecule has 1 heterocycles. The molecule has 0 bridgehead atoms. The van der Waals surface area contributed by atoms with Crippen LogP contribution in [0.2, 0.25) is 0 Å². The van der Waals surface area contributed by atoms with E-state index in [9.17, 15) is 9.59 Å². The molecule has 0 spiro atoms. The van der Waals surface area contributed by atoms with Crippen LogP contribution in [0.25, 0.3) is 0 Å². The lowest BCUT2D eigenvalue weighted by atomic mass is 10.1. The van der Waals surface area contributed by atoms with E-state index < -0.39 is 12.1 Å². The Bertz CT molecular complexity index is 1030. The summed E-state index contributed by atoms with van der Waals surface area (Å²) < 4.78 is 6.28. The Morgan fingerprint density at radius 1 is 1.03 bits per heavy atom. The van der Waals surface area contributed by atoms with Gasteiger partial charge in [0.1, 0.15) is 11.9 Å². The molecule has 2 N–H and O–H groups in total. The number of hydrogen-bond acceptors (Lipinski definition) is 4. The molecule has 0 fully saturated rings. The first-order valence-electron chi connectivity index (χ1n) is 9.04. The highest BCUT2D eigenvalue weighted by molar-refractivity contribution is 9.10. The van der Waals surface area contributed by atoms with Gasteiger partial charge in [-0.1, -0.05) is 64.5 Å². The normalized spacial score (nSPS) is 15.3. The number of carbonyl (C=O) groups excluding carboxylic acids is 2. The average Bonchev–Trinajstić information content (AvgIpc) is 2.76. The van der Waals surface area contributed by atoms with Crippen LogP contribution in [-0.2, 0) is 4.79 Å². The fourth-order valence-electron chi connectivity index (χ4n) is 3.09. The Kier molecular flexibility index (Phi) is 5.48. The van der Waals surface area contributed by atoms with Gasteiger partial charge >= 0.3 is 0 Å². The lowest BCUT2D eigenvalue weighted by molar-refractivity contribution is -0.127. The minimum Gasteiger partial charge on any atom is -0.484 e. The third-order valence-corrected chi connectivity index (χ3v) is 4.95. The Morgan fingerprint density at radius 3 is 2.45 bits per heavy atom. The highest BCUT2D eigenvalue weighted by atomic mass is 79.9. The molecule has 3 aromatic rings. The predicted molar refractivity (Wildman–Crippen MR) is 113 cm³/mol. The van der Waals surface area contributed by atoms with Gasteiger partial charge < -0.3 is 10.1 Å². The number of nitrogens with zero attached hydrogens (tertiary/aromatic N) is 1. The number of anilines is 1. The zero-order valence-corrected chi connectivity index (χ0v) is 16.9. The molecule has 0 saturated carbocycles. The van der Waals surface area contributed by atoms with E-state index in [0.717, 1.165) is 10.0 Å². The zero-order valence-electron chi connectivity index (χ0n) is 15.3. The van der Waals surface area contributed by atoms with Gasteiger partial charge in [-0.05, 0) is 35.9 Å². The van der Waals surface area contributed by atoms with Crippen LogP contribution in [0.5, 0.6) is 5.75 Å². The molecule has 0 radical (unpaired) electrons. The van der Waals surface area contributed by atoms with Gasteiger partial charge in [-0.3, -0.25) is 15.0 Å². The molecule has 4 rings (SSSR count). The summed E-state index contributed by atoms with van der Waals surface area (Å²) in [4.78, 5) is 25.7. The maximum absolute atomic E-state index is 13.2. The standard InChI is InChI=1S/C22H18BrN3O3/c23-16-11-12-19-18(13-16)22(28)26(21(24-19)15-7-3-1-4-8-15)25-20(27)14-29-17-9-5-2-6-10-17/h1-13,21,24H,14H2,(H,25,27). The van der Waals surface area contributed by atoms with Gasteiger partial charge in [-0.25, -0.2) is 5.01 Å². The van der Waals surface area contributed by atoms with E-state index >= 15 is 0 Å². The molecule has 3 aromatic carbocycles. The van der Waals surface area contributed by atoms with Gasteiger partial charge in [0.2, 0.25) is 0 Å². The maximum atomic E-state index is 13.2. The van der Waals surface area contributed by atoms with E-state index in [-0.39, 0.29) is 12.5 Å². The molecule has 1 atom stereocenters. The summed E-state index contributed by atoms with van der Waals surface area (Å²) in [6.07, 6.45) is -0.543. The van der Waals surface area contributed by atoms with Crippen molar-refractivity contribution in [3.63, 3.8) is 0 Å². The van der Waals surface area contributed by atoms with Crippen molar-refractivity contribution in [2.45, 2.75) is 6.17 Å². The number of fused-ring (bicyclic) bond motifs is 1. The quantitative estimate of drug-likeness (QED) is 0.611. The lowest BCUT2D eigenvalue weighted by Gasteiger charge is -2.37. The molecule has 0 saturated heterocycles. The van der Waals surface area contributed by atoms with Crippen LogP contribution in [0, 0.1) is 0 Å². The van der Waals surface area contributed by atoms with Crippen molar-refractivity contribution in [2.24, 2.45) is 0 Å². The summed E-state index contributed by atoms with van der Waals surface area (Å²) in [6, 6.07) is 23.9. The molecule has 2 amide bonds. The van der Waals surface area contributed by atoms with E-state index in [1.807, 2.05) is 60.7 Å². The van der Waals surface area contributed by atoms with Crippen LogP contribution in [0.3, 0.4) is 0 Å². The number of hydrogen-bond donors (Lipinski definition) is 2. The number of hydrazine groups is 1. The monoisotopic (exact) mass is 451 g/mol. The van der Waals surface area contributed by atoms with Gasteiger partial charge in [0.15, 0.2) is 6.61 Å². The van der Waals surface area contributed by atoms with Crippen LogP contribution in [0.1, 0.15) is 22.1 Å². The second kappa shape index (κ2) is 8.36. The Hall–Kier alpha value is -3.32. The molecule has 0 aliphatic carbocycles. The van der Waals surface area contributed by atoms with Crippen molar-refractivity contribution >= 4 is 33.4 Å². The molecule has 29 heavy (non-hydrogen) atoms. The third-order valence-electron chi connectivity index (χ3n) is 4.45. The SMILES string of the molecule is O=C(COc1ccccc1)NN1C(=O)c2cc(Br)ccc2NC1c1ccccc1. The van der Waals surface area contributed by atoms with Crippen LogP contribution < -0.4 is 15.5 Å². The number of halogens is 1. The van der Waals surface area contributed by atoms with Gasteiger partial charge in [-0.15, -0.1) is 0 Å². The van der Waals surface area contributed by atoms with Gasteiger partial charge in [0.05, 0.1) is 5.56 Å². The summed E-state index contributed by atoms with van der Waals surface area (Å²) in [5.74, 6) is -0.148. The van der Waals surface area contributed by atoms with E-state index in [4.69, 9.17) is 4.74 Å². The van der Waals surface area contributed by atoms with Crippen LogP contribution in [0.15, 0.2) is 83.3 Å². The van der Waals surface area contributed by atoms with Crippen molar-refractivity contribution in [1.82, 2.24) is 10.4 Å². The molecule has 1 aliphatic rings.